The Kier molecular flexibility index (Phi) is 4.88. The molecule has 25 heavy (non-hydrogen) atoms. The number of aryl methyl sites for hydroxylation is 1. The Morgan fingerprint density at radius 3 is 2.72 bits per heavy atom. The van der Waals surface area contributed by atoms with Crippen molar-refractivity contribution >= 4 is 11.9 Å². The second kappa shape index (κ2) is 7.09. The molecule has 1 aliphatic carbocycles. The highest BCUT2D eigenvalue weighted by atomic mass is 16.4. The Bertz CT molecular complexity index is 810. The third-order valence-electron chi connectivity index (χ3n) is 4.58. The fraction of sp³-hybridized carbons (Fsp3) is 0.421. The van der Waals surface area contributed by atoms with Crippen molar-refractivity contribution in [2.75, 3.05) is 13.1 Å². The predicted molar refractivity (Wildman–Crippen MR) is 94.2 cm³/mol. The average Bonchev–Trinajstić information content (AvgIpc) is 3.16. The summed E-state index contributed by atoms with van der Waals surface area (Å²) >= 11 is 0. The zero-order valence-electron chi connectivity index (χ0n) is 14.7. The van der Waals surface area contributed by atoms with Gasteiger partial charge in [0.1, 0.15) is 6.54 Å². The van der Waals surface area contributed by atoms with Gasteiger partial charge < -0.3 is 10.0 Å². The number of hydrogen-bond donors (Lipinski definition) is 1. The smallest absolute Gasteiger partial charge is 0.323 e. The first-order valence-electron chi connectivity index (χ1n) is 8.70. The number of amides is 1. The Morgan fingerprint density at radius 1 is 1.28 bits per heavy atom. The molecule has 6 heteroatoms. The Balaban J connectivity index is 2.03. The largest absolute Gasteiger partial charge is 0.480 e. The van der Waals surface area contributed by atoms with E-state index in [9.17, 15) is 9.59 Å². The van der Waals surface area contributed by atoms with E-state index in [2.05, 4.69) is 5.10 Å². The molecular formula is C19H23N3O3. The van der Waals surface area contributed by atoms with E-state index in [0.717, 1.165) is 41.8 Å². The molecule has 0 aliphatic heterocycles. The maximum atomic E-state index is 12.9. The standard InChI is InChI=1S/C19H23N3O3/c1-3-11-21(12-17(23)24)19(25)18-14-8-6-10-16(14)22(20-18)15-9-5-4-7-13(15)2/h4-5,7,9H,3,6,8,10-12H2,1-2H3,(H,23,24). The molecule has 3 rings (SSSR count). The monoisotopic (exact) mass is 341 g/mol. The average molecular weight is 341 g/mol. The summed E-state index contributed by atoms with van der Waals surface area (Å²) in [6, 6.07) is 7.95. The van der Waals surface area contributed by atoms with Crippen molar-refractivity contribution in [1.82, 2.24) is 14.7 Å². The zero-order chi connectivity index (χ0) is 18.0. The zero-order valence-corrected chi connectivity index (χ0v) is 14.7. The Hall–Kier alpha value is -2.63. The first kappa shape index (κ1) is 17.2. The van der Waals surface area contributed by atoms with Crippen molar-refractivity contribution in [1.29, 1.82) is 0 Å². The number of carboxylic acid groups (broad SMARTS) is 1. The summed E-state index contributed by atoms with van der Waals surface area (Å²) in [6.07, 6.45) is 3.40. The number of fused-ring (bicyclic) bond motifs is 1. The van der Waals surface area contributed by atoms with Gasteiger partial charge in [0, 0.05) is 17.8 Å². The minimum absolute atomic E-state index is 0.283. The van der Waals surface area contributed by atoms with E-state index in [4.69, 9.17) is 5.11 Å². The fourth-order valence-corrected chi connectivity index (χ4v) is 3.44. The number of carboxylic acids is 1. The molecule has 1 aliphatic rings. The molecule has 0 saturated heterocycles. The quantitative estimate of drug-likeness (QED) is 0.876. The van der Waals surface area contributed by atoms with Crippen LogP contribution in [0.5, 0.6) is 0 Å². The second-order valence-corrected chi connectivity index (χ2v) is 6.45. The van der Waals surface area contributed by atoms with Crippen LogP contribution in [0.1, 0.15) is 47.1 Å². The number of para-hydroxylation sites is 1. The van der Waals surface area contributed by atoms with E-state index in [-0.39, 0.29) is 12.5 Å². The van der Waals surface area contributed by atoms with Gasteiger partial charge in [-0.25, -0.2) is 4.68 Å². The fourth-order valence-electron chi connectivity index (χ4n) is 3.44. The number of aliphatic carboxylic acids is 1. The van der Waals surface area contributed by atoms with Gasteiger partial charge in [-0.1, -0.05) is 25.1 Å². The summed E-state index contributed by atoms with van der Waals surface area (Å²) in [6.45, 7) is 4.07. The molecule has 0 unspecified atom stereocenters. The minimum Gasteiger partial charge on any atom is -0.480 e. The van der Waals surface area contributed by atoms with Gasteiger partial charge in [0.05, 0.1) is 5.69 Å². The van der Waals surface area contributed by atoms with Gasteiger partial charge in [0.15, 0.2) is 5.69 Å². The van der Waals surface area contributed by atoms with Gasteiger partial charge >= 0.3 is 5.97 Å². The van der Waals surface area contributed by atoms with Gasteiger partial charge in [0.25, 0.3) is 5.91 Å². The Morgan fingerprint density at radius 2 is 2.04 bits per heavy atom. The molecular weight excluding hydrogens is 318 g/mol. The molecule has 1 N–H and O–H groups in total. The third kappa shape index (κ3) is 3.29. The van der Waals surface area contributed by atoms with Gasteiger partial charge in [-0.2, -0.15) is 5.10 Å². The first-order chi connectivity index (χ1) is 12.0. The normalized spacial score (nSPS) is 12.9. The molecule has 1 aromatic carbocycles. The van der Waals surface area contributed by atoms with Gasteiger partial charge in [-0.15, -0.1) is 0 Å². The SMILES string of the molecule is CCCN(CC(=O)O)C(=O)c1nn(-c2ccccc2C)c2c1CCC2. The van der Waals surface area contributed by atoms with Crippen molar-refractivity contribution in [3.05, 3.63) is 46.8 Å². The van der Waals surface area contributed by atoms with Crippen LogP contribution < -0.4 is 0 Å². The lowest BCUT2D eigenvalue weighted by Crippen LogP contribution is -2.37. The van der Waals surface area contributed by atoms with Crippen molar-refractivity contribution in [3.8, 4) is 5.69 Å². The summed E-state index contributed by atoms with van der Waals surface area (Å²) in [5.41, 5.74) is 4.52. The van der Waals surface area contributed by atoms with E-state index in [0.29, 0.717) is 18.7 Å². The molecule has 0 fully saturated rings. The predicted octanol–water partition coefficient (Wildman–Crippen LogP) is 2.61. The maximum absolute atomic E-state index is 12.9. The number of hydrogen-bond acceptors (Lipinski definition) is 3. The second-order valence-electron chi connectivity index (χ2n) is 6.45. The van der Waals surface area contributed by atoms with E-state index in [1.807, 2.05) is 42.8 Å². The van der Waals surface area contributed by atoms with Gasteiger partial charge in [-0.3, -0.25) is 9.59 Å². The van der Waals surface area contributed by atoms with Crippen LogP contribution in [-0.2, 0) is 17.6 Å². The summed E-state index contributed by atoms with van der Waals surface area (Å²) in [4.78, 5) is 25.4. The van der Waals surface area contributed by atoms with E-state index >= 15 is 0 Å². The minimum atomic E-state index is -1.00. The van der Waals surface area contributed by atoms with Crippen LogP contribution in [0.4, 0.5) is 0 Å². The molecule has 1 heterocycles. The lowest BCUT2D eigenvalue weighted by atomic mass is 10.1. The van der Waals surface area contributed by atoms with Crippen molar-refractivity contribution < 1.29 is 14.7 Å². The van der Waals surface area contributed by atoms with E-state index < -0.39 is 5.97 Å². The molecule has 0 saturated carbocycles. The number of carbonyl (C=O) groups is 2. The van der Waals surface area contributed by atoms with E-state index in [1.54, 1.807) is 0 Å². The number of rotatable bonds is 6. The van der Waals surface area contributed by atoms with Crippen LogP contribution in [0.3, 0.4) is 0 Å². The molecule has 0 atom stereocenters. The topological polar surface area (TPSA) is 75.4 Å². The number of carbonyl (C=O) groups excluding carboxylic acids is 1. The summed E-state index contributed by atoms with van der Waals surface area (Å²) in [7, 11) is 0. The van der Waals surface area contributed by atoms with Crippen LogP contribution in [0.15, 0.2) is 24.3 Å². The molecule has 132 valence electrons. The van der Waals surface area contributed by atoms with Crippen LogP contribution in [0.2, 0.25) is 0 Å². The summed E-state index contributed by atoms with van der Waals surface area (Å²) < 4.78 is 1.87. The molecule has 1 amide bonds. The van der Waals surface area contributed by atoms with Crippen LogP contribution in [0, 0.1) is 6.92 Å². The lowest BCUT2D eigenvalue weighted by molar-refractivity contribution is -0.137. The van der Waals surface area contributed by atoms with Crippen LogP contribution in [0.25, 0.3) is 5.69 Å². The van der Waals surface area contributed by atoms with E-state index in [1.165, 1.54) is 4.90 Å². The number of benzene rings is 1. The summed E-state index contributed by atoms with van der Waals surface area (Å²) in [5.74, 6) is -1.29. The van der Waals surface area contributed by atoms with Crippen molar-refractivity contribution in [3.63, 3.8) is 0 Å². The van der Waals surface area contributed by atoms with Crippen LogP contribution in [-0.4, -0.2) is 44.8 Å². The number of aromatic nitrogens is 2. The summed E-state index contributed by atoms with van der Waals surface area (Å²) in [5, 5.41) is 13.7. The van der Waals surface area contributed by atoms with Gasteiger partial charge in [0.2, 0.25) is 0 Å². The molecule has 0 spiro atoms. The molecule has 2 aromatic rings. The molecule has 6 nitrogen and oxygen atoms in total. The Labute approximate surface area is 147 Å². The number of nitrogens with zero attached hydrogens (tertiary/aromatic N) is 3. The molecule has 0 radical (unpaired) electrons. The first-order valence-corrected chi connectivity index (χ1v) is 8.70. The highest BCUT2D eigenvalue weighted by molar-refractivity contribution is 5.96. The maximum Gasteiger partial charge on any atom is 0.323 e. The van der Waals surface area contributed by atoms with Crippen LogP contribution >= 0.6 is 0 Å². The third-order valence-corrected chi connectivity index (χ3v) is 4.58. The molecule has 1 aromatic heterocycles. The molecule has 0 bridgehead atoms. The lowest BCUT2D eigenvalue weighted by Gasteiger charge is -2.19. The van der Waals surface area contributed by atoms with Crippen molar-refractivity contribution in [2.45, 2.75) is 39.5 Å². The van der Waals surface area contributed by atoms with Gasteiger partial charge in [-0.05, 0) is 44.2 Å². The highest BCUT2D eigenvalue weighted by Crippen LogP contribution is 2.29. The highest BCUT2D eigenvalue weighted by Gasteiger charge is 2.30. The van der Waals surface area contributed by atoms with Crippen molar-refractivity contribution in [2.24, 2.45) is 0 Å².